The van der Waals surface area contributed by atoms with E-state index in [1.807, 2.05) is 13.0 Å². The summed E-state index contributed by atoms with van der Waals surface area (Å²) in [5.74, 6) is 0.597. The van der Waals surface area contributed by atoms with Crippen molar-refractivity contribution in [3.05, 3.63) is 23.3 Å². The van der Waals surface area contributed by atoms with Gasteiger partial charge in [0.1, 0.15) is 5.75 Å². The van der Waals surface area contributed by atoms with Crippen LogP contribution in [0.25, 0.3) is 0 Å². The number of aryl methyl sites for hydroxylation is 1. The molecule has 0 aliphatic heterocycles. The Morgan fingerprint density at radius 1 is 1.56 bits per heavy atom. The largest absolute Gasteiger partial charge is 0.506 e. The smallest absolute Gasteiger partial charge is 0.219 e. The Morgan fingerprint density at radius 3 is 3.06 bits per heavy atom. The van der Waals surface area contributed by atoms with Crippen LogP contribution < -0.4 is 11.1 Å². The first kappa shape index (κ1) is 12.7. The maximum absolute atomic E-state index is 11.2. The molecule has 0 saturated carbocycles. The number of carbonyl (C=O) groups excluding carboxylic acids is 1. The van der Waals surface area contributed by atoms with E-state index in [1.54, 1.807) is 6.07 Å². The Morgan fingerprint density at radius 2 is 2.33 bits per heavy atom. The fraction of sp³-hybridized carbons (Fsp3) is 0.500. The number of nitrogens with two attached hydrogens (primary N) is 1. The van der Waals surface area contributed by atoms with Crippen molar-refractivity contribution in [3.63, 3.8) is 0 Å². The van der Waals surface area contributed by atoms with Crippen LogP contribution in [0, 0.1) is 0 Å². The Balaban J connectivity index is 2.03. The predicted molar refractivity (Wildman–Crippen MR) is 71.5 cm³/mol. The number of hydrogen-bond donors (Lipinski definition) is 3. The molecule has 0 radical (unpaired) electrons. The van der Waals surface area contributed by atoms with Crippen LogP contribution in [0.3, 0.4) is 0 Å². The summed E-state index contributed by atoms with van der Waals surface area (Å²) in [6, 6.07) is 3.61. The first-order chi connectivity index (χ1) is 8.63. The molecule has 18 heavy (non-hydrogen) atoms. The van der Waals surface area contributed by atoms with E-state index in [1.165, 1.54) is 5.56 Å². The van der Waals surface area contributed by atoms with Gasteiger partial charge < -0.3 is 16.2 Å². The molecule has 0 fully saturated rings. The number of fused-ring (bicyclic) bond motifs is 1. The minimum absolute atomic E-state index is 0.0806. The highest BCUT2D eigenvalue weighted by atomic mass is 16.3. The number of hydrogen-bond acceptors (Lipinski definition) is 3. The molecule has 1 atom stereocenters. The summed E-state index contributed by atoms with van der Waals surface area (Å²) in [6.07, 6.45) is 3.45. The molecule has 1 aliphatic carbocycles. The number of anilines is 1. The van der Waals surface area contributed by atoms with Crippen molar-refractivity contribution in [1.82, 2.24) is 5.32 Å². The fourth-order valence-corrected chi connectivity index (χ4v) is 2.64. The topological polar surface area (TPSA) is 75.3 Å². The zero-order chi connectivity index (χ0) is 13.1. The van der Waals surface area contributed by atoms with Gasteiger partial charge in [0.2, 0.25) is 5.91 Å². The Bertz CT molecular complexity index is 457. The van der Waals surface area contributed by atoms with Crippen molar-refractivity contribution < 1.29 is 9.90 Å². The maximum Gasteiger partial charge on any atom is 0.219 e. The number of amides is 1. The monoisotopic (exact) mass is 248 g/mol. The summed E-state index contributed by atoms with van der Waals surface area (Å²) in [5, 5.41) is 12.5. The lowest BCUT2D eigenvalue weighted by atomic mass is 9.96. The van der Waals surface area contributed by atoms with Gasteiger partial charge >= 0.3 is 0 Å². The molecule has 4 N–H and O–H groups in total. The first-order valence-electron chi connectivity index (χ1n) is 6.50. The lowest BCUT2D eigenvalue weighted by Gasteiger charge is -2.15. The fourth-order valence-electron chi connectivity index (χ4n) is 2.64. The predicted octanol–water partition coefficient (Wildman–Crippen LogP) is 1.92. The second kappa shape index (κ2) is 5.29. The summed E-state index contributed by atoms with van der Waals surface area (Å²) < 4.78 is 0. The second-order valence-corrected chi connectivity index (χ2v) is 4.80. The molecular formula is C14H20N2O2. The molecule has 1 aromatic carbocycles. The van der Waals surface area contributed by atoms with Gasteiger partial charge in [-0.1, -0.05) is 13.0 Å². The number of phenols is 1. The number of rotatable bonds is 4. The summed E-state index contributed by atoms with van der Waals surface area (Å²) in [4.78, 5) is 11.2. The molecule has 2 rings (SSSR count). The standard InChI is InChI=1S/C14H20N2O2/c1-2-12(18)16-8-7-10-4-3-9-5-6-11(17)14(15)13(9)10/h5-6,10,17H,2-4,7-8,15H2,1H3,(H,16,18). The molecule has 4 heteroatoms. The average molecular weight is 248 g/mol. The highest BCUT2D eigenvalue weighted by Crippen LogP contribution is 2.42. The highest BCUT2D eigenvalue weighted by molar-refractivity contribution is 5.75. The quantitative estimate of drug-likeness (QED) is 0.563. The third-order valence-corrected chi connectivity index (χ3v) is 3.66. The number of phenolic OH excluding ortho intramolecular Hbond substituents is 1. The molecule has 1 unspecified atom stereocenters. The van der Waals surface area contributed by atoms with Gasteiger partial charge in [-0.25, -0.2) is 0 Å². The Labute approximate surface area is 107 Å². The van der Waals surface area contributed by atoms with Gasteiger partial charge in [0, 0.05) is 13.0 Å². The lowest BCUT2D eigenvalue weighted by molar-refractivity contribution is -0.120. The van der Waals surface area contributed by atoms with Gasteiger partial charge in [-0.2, -0.15) is 0 Å². The first-order valence-corrected chi connectivity index (χ1v) is 6.50. The van der Waals surface area contributed by atoms with Gasteiger partial charge in [-0.15, -0.1) is 0 Å². The zero-order valence-electron chi connectivity index (χ0n) is 10.7. The van der Waals surface area contributed by atoms with Crippen molar-refractivity contribution in [3.8, 4) is 5.75 Å². The van der Waals surface area contributed by atoms with Crippen molar-refractivity contribution in [2.45, 2.75) is 38.5 Å². The highest BCUT2D eigenvalue weighted by Gasteiger charge is 2.25. The van der Waals surface area contributed by atoms with Crippen LogP contribution in [-0.2, 0) is 11.2 Å². The van der Waals surface area contributed by atoms with Crippen molar-refractivity contribution >= 4 is 11.6 Å². The van der Waals surface area contributed by atoms with Gasteiger partial charge in [0.25, 0.3) is 0 Å². The summed E-state index contributed by atoms with van der Waals surface area (Å²) >= 11 is 0. The zero-order valence-corrected chi connectivity index (χ0v) is 10.7. The third-order valence-electron chi connectivity index (χ3n) is 3.66. The summed E-state index contributed by atoms with van der Waals surface area (Å²) in [7, 11) is 0. The SMILES string of the molecule is CCC(=O)NCCC1CCc2ccc(O)c(N)c21. The van der Waals surface area contributed by atoms with E-state index in [9.17, 15) is 9.90 Å². The molecular weight excluding hydrogens is 228 g/mol. The number of nitrogen functional groups attached to an aromatic ring is 1. The number of benzene rings is 1. The summed E-state index contributed by atoms with van der Waals surface area (Å²) in [6.45, 7) is 2.52. The molecule has 1 aliphatic rings. The Hall–Kier alpha value is -1.71. The van der Waals surface area contributed by atoms with E-state index in [2.05, 4.69) is 5.32 Å². The van der Waals surface area contributed by atoms with Gasteiger partial charge in [-0.3, -0.25) is 4.79 Å². The van der Waals surface area contributed by atoms with Crippen LogP contribution in [0.4, 0.5) is 5.69 Å². The van der Waals surface area contributed by atoms with E-state index in [-0.39, 0.29) is 11.7 Å². The van der Waals surface area contributed by atoms with Crippen LogP contribution in [0.2, 0.25) is 0 Å². The van der Waals surface area contributed by atoms with E-state index in [4.69, 9.17) is 5.73 Å². The van der Waals surface area contributed by atoms with Gasteiger partial charge in [0.05, 0.1) is 5.69 Å². The molecule has 0 bridgehead atoms. The van der Waals surface area contributed by atoms with E-state index in [0.717, 1.165) is 24.8 Å². The normalized spacial score (nSPS) is 17.5. The molecule has 4 nitrogen and oxygen atoms in total. The van der Waals surface area contributed by atoms with Crippen LogP contribution in [0.15, 0.2) is 12.1 Å². The van der Waals surface area contributed by atoms with E-state index < -0.39 is 0 Å². The third kappa shape index (κ3) is 2.42. The molecule has 0 spiro atoms. The van der Waals surface area contributed by atoms with Crippen LogP contribution in [0.1, 0.15) is 43.2 Å². The maximum atomic E-state index is 11.2. The molecule has 98 valence electrons. The number of carbonyl (C=O) groups is 1. The van der Waals surface area contributed by atoms with E-state index >= 15 is 0 Å². The second-order valence-electron chi connectivity index (χ2n) is 4.80. The minimum atomic E-state index is 0.0806. The van der Waals surface area contributed by atoms with Crippen LogP contribution in [-0.4, -0.2) is 17.6 Å². The van der Waals surface area contributed by atoms with Crippen LogP contribution >= 0.6 is 0 Å². The lowest BCUT2D eigenvalue weighted by Crippen LogP contribution is -2.24. The molecule has 1 aromatic rings. The minimum Gasteiger partial charge on any atom is -0.506 e. The summed E-state index contributed by atoms with van der Waals surface area (Å²) in [5.41, 5.74) is 8.77. The van der Waals surface area contributed by atoms with Gasteiger partial charge in [-0.05, 0) is 42.4 Å². The molecule has 1 amide bonds. The number of aromatic hydroxyl groups is 1. The van der Waals surface area contributed by atoms with Crippen molar-refractivity contribution in [1.29, 1.82) is 0 Å². The molecule has 0 heterocycles. The molecule has 0 aromatic heterocycles. The Kier molecular flexibility index (Phi) is 3.75. The number of nitrogens with one attached hydrogen (secondary N) is 1. The average Bonchev–Trinajstić information content (AvgIpc) is 2.77. The van der Waals surface area contributed by atoms with Gasteiger partial charge in [0.15, 0.2) is 0 Å². The molecule has 0 saturated heterocycles. The van der Waals surface area contributed by atoms with E-state index in [0.29, 0.717) is 24.6 Å². The van der Waals surface area contributed by atoms with Crippen molar-refractivity contribution in [2.75, 3.05) is 12.3 Å². The van der Waals surface area contributed by atoms with Crippen LogP contribution in [0.5, 0.6) is 5.75 Å². The van der Waals surface area contributed by atoms with Crippen molar-refractivity contribution in [2.24, 2.45) is 0 Å².